The number of unbranched alkanes of at least 4 members (excludes halogenated alkanes) is 36. The van der Waals surface area contributed by atoms with Crippen LogP contribution in [-0.2, 0) is 65.4 Å². The number of aliphatic hydroxyl groups is 1. The molecule has 0 fully saturated rings. The van der Waals surface area contributed by atoms with Crippen LogP contribution in [0.25, 0.3) is 0 Å². The van der Waals surface area contributed by atoms with Crippen molar-refractivity contribution in [2.45, 2.75) is 382 Å². The maximum atomic E-state index is 13.0. The summed E-state index contributed by atoms with van der Waals surface area (Å²) < 4.78 is 68.4. The number of carbonyl (C=O) groups is 4. The van der Waals surface area contributed by atoms with E-state index in [4.69, 9.17) is 37.0 Å². The van der Waals surface area contributed by atoms with E-state index in [9.17, 15) is 43.2 Å². The minimum atomic E-state index is -4.95. The summed E-state index contributed by atoms with van der Waals surface area (Å²) >= 11 is 0. The van der Waals surface area contributed by atoms with Gasteiger partial charge >= 0.3 is 39.5 Å². The molecule has 0 bridgehead atoms. The second kappa shape index (κ2) is 62.6. The zero-order chi connectivity index (χ0) is 68.2. The smallest absolute Gasteiger partial charge is 0.462 e. The van der Waals surface area contributed by atoms with Gasteiger partial charge < -0.3 is 33.8 Å². The highest BCUT2D eigenvalue weighted by Crippen LogP contribution is 2.45. The first kappa shape index (κ1) is 90.1. The van der Waals surface area contributed by atoms with Crippen molar-refractivity contribution in [3.8, 4) is 0 Å². The molecule has 0 aliphatic heterocycles. The van der Waals surface area contributed by atoms with Crippen LogP contribution >= 0.6 is 15.6 Å². The van der Waals surface area contributed by atoms with Crippen molar-refractivity contribution in [1.29, 1.82) is 0 Å². The van der Waals surface area contributed by atoms with E-state index in [0.29, 0.717) is 37.5 Å². The van der Waals surface area contributed by atoms with Gasteiger partial charge in [0.2, 0.25) is 0 Å². The molecular formula is C73H142O17P2. The minimum Gasteiger partial charge on any atom is -0.462 e. The van der Waals surface area contributed by atoms with Gasteiger partial charge in [0.05, 0.1) is 26.4 Å². The number of esters is 4. The Hall–Kier alpha value is -1.94. The largest absolute Gasteiger partial charge is 0.472 e. The van der Waals surface area contributed by atoms with Crippen LogP contribution in [0.15, 0.2) is 0 Å². The van der Waals surface area contributed by atoms with E-state index in [0.717, 1.165) is 115 Å². The quantitative estimate of drug-likeness (QED) is 0.0222. The fourth-order valence-electron chi connectivity index (χ4n) is 11.0. The summed E-state index contributed by atoms with van der Waals surface area (Å²) in [4.78, 5) is 72.6. The average molecular weight is 1350 g/mol. The third kappa shape index (κ3) is 66.7. The Morgan fingerprint density at radius 3 is 0.674 bits per heavy atom. The fraction of sp³-hybridized carbons (Fsp3) is 0.945. The summed E-state index contributed by atoms with van der Waals surface area (Å²) in [6.45, 7) is 14.1. The maximum Gasteiger partial charge on any atom is 0.472 e. The first-order chi connectivity index (χ1) is 44.1. The number of phosphoric ester groups is 2. The first-order valence-electron chi connectivity index (χ1n) is 37.7. The normalized spacial score (nSPS) is 14.2. The Morgan fingerprint density at radius 1 is 0.272 bits per heavy atom. The molecule has 0 aliphatic rings. The molecular weight excluding hydrogens is 1210 g/mol. The van der Waals surface area contributed by atoms with Crippen LogP contribution in [0, 0.1) is 23.7 Å². The predicted octanol–water partition coefficient (Wildman–Crippen LogP) is 20.9. The van der Waals surface area contributed by atoms with Crippen LogP contribution in [-0.4, -0.2) is 96.7 Å². The molecule has 0 amide bonds. The minimum absolute atomic E-state index is 0.106. The molecule has 0 aliphatic carbocycles. The van der Waals surface area contributed by atoms with Gasteiger partial charge in [-0.2, -0.15) is 0 Å². The maximum absolute atomic E-state index is 13.0. The lowest BCUT2D eigenvalue weighted by molar-refractivity contribution is -0.161. The van der Waals surface area contributed by atoms with E-state index in [1.807, 2.05) is 0 Å². The van der Waals surface area contributed by atoms with Gasteiger partial charge in [-0.15, -0.1) is 0 Å². The molecule has 0 radical (unpaired) electrons. The second-order valence-electron chi connectivity index (χ2n) is 28.2. The molecule has 19 heteroatoms. The van der Waals surface area contributed by atoms with E-state index >= 15 is 0 Å². The average Bonchev–Trinajstić information content (AvgIpc) is 1.60. The summed E-state index contributed by atoms with van der Waals surface area (Å²) in [7, 11) is -9.91. The first-order valence-corrected chi connectivity index (χ1v) is 40.7. The van der Waals surface area contributed by atoms with Gasteiger partial charge in [-0.25, -0.2) is 9.13 Å². The van der Waals surface area contributed by atoms with Gasteiger partial charge in [-0.1, -0.05) is 312 Å². The van der Waals surface area contributed by atoms with Crippen molar-refractivity contribution in [2.24, 2.45) is 23.7 Å². The zero-order valence-corrected chi connectivity index (χ0v) is 62.0. The number of hydrogen-bond acceptors (Lipinski definition) is 15. The van der Waals surface area contributed by atoms with Crippen molar-refractivity contribution in [2.75, 3.05) is 39.6 Å². The number of rotatable bonds is 70. The Balaban J connectivity index is 5.21. The lowest BCUT2D eigenvalue weighted by Crippen LogP contribution is -2.30. The molecule has 92 heavy (non-hydrogen) atoms. The predicted molar refractivity (Wildman–Crippen MR) is 372 cm³/mol. The van der Waals surface area contributed by atoms with E-state index in [2.05, 4.69) is 55.4 Å². The highest BCUT2D eigenvalue weighted by Gasteiger charge is 2.30. The Labute approximate surface area is 562 Å². The van der Waals surface area contributed by atoms with Crippen LogP contribution in [0.1, 0.15) is 364 Å². The second-order valence-corrected chi connectivity index (χ2v) is 31.1. The van der Waals surface area contributed by atoms with E-state index < -0.39 is 97.5 Å². The Kier molecular flexibility index (Phi) is 61.3. The lowest BCUT2D eigenvalue weighted by atomic mass is 10.0. The van der Waals surface area contributed by atoms with Crippen LogP contribution in [0.2, 0.25) is 0 Å². The molecule has 0 heterocycles. The van der Waals surface area contributed by atoms with Crippen LogP contribution in [0.4, 0.5) is 0 Å². The number of ether oxygens (including phenoxy) is 4. The van der Waals surface area contributed by atoms with E-state index in [1.54, 1.807) is 0 Å². The summed E-state index contributed by atoms with van der Waals surface area (Å²) in [5.41, 5.74) is 0. The Morgan fingerprint density at radius 2 is 0.457 bits per heavy atom. The van der Waals surface area contributed by atoms with Crippen molar-refractivity contribution in [3.63, 3.8) is 0 Å². The standard InChI is InChI=1S/C73H142O17P2/c1-63(2)49-41-33-25-20-16-12-9-10-14-18-22-28-39-47-55-72(77)89-68(59-83-70(75)53-45-37-30-24-27-35-43-51-65(5)6)61-87-91(79,80)85-57-67(74)58-86-92(81,82)88-62-69(60-84-71(76)54-46-38-32-31-36-44-52-66(7)8)90-73(78)56-48-40-29-23-19-15-11-13-17-21-26-34-42-50-64(3)4/h63-69,74H,9-62H2,1-8H3,(H,79,80)(H,81,82)/t67?,68-,69-/m1/s1. The van der Waals surface area contributed by atoms with Gasteiger partial charge in [-0.3, -0.25) is 37.3 Å². The molecule has 0 rings (SSSR count). The third-order valence-corrected chi connectivity index (χ3v) is 18.7. The number of aliphatic hydroxyl groups excluding tert-OH is 1. The van der Waals surface area contributed by atoms with Gasteiger partial charge in [-0.05, 0) is 49.4 Å². The van der Waals surface area contributed by atoms with Gasteiger partial charge in [0.1, 0.15) is 19.3 Å². The number of carbonyl (C=O) groups excluding carboxylic acids is 4. The lowest BCUT2D eigenvalue weighted by Gasteiger charge is -2.21. The summed E-state index contributed by atoms with van der Waals surface area (Å²) in [5, 5.41) is 10.6. The highest BCUT2D eigenvalue weighted by molar-refractivity contribution is 7.47. The number of phosphoric acid groups is 2. The fourth-order valence-corrected chi connectivity index (χ4v) is 12.6. The molecule has 5 atom stereocenters. The van der Waals surface area contributed by atoms with Crippen molar-refractivity contribution < 1.29 is 80.2 Å². The molecule has 3 unspecified atom stereocenters. The van der Waals surface area contributed by atoms with Crippen LogP contribution in [0.5, 0.6) is 0 Å². The molecule has 0 saturated carbocycles. The van der Waals surface area contributed by atoms with Crippen LogP contribution in [0.3, 0.4) is 0 Å². The summed E-state index contributed by atoms with van der Waals surface area (Å²) in [5.74, 6) is 0.839. The van der Waals surface area contributed by atoms with Crippen molar-refractivity contribution in [3.05, 3.63) is 0 Å². The highest BCUT2D eigenvalue weighted by atomic mass is 31.2. The summed E-state index contributed by atoms with van der Waals surface area (Å²) in [6, 6.07) is 0. The molecule has 546 valence electrons. The van der Waals surface area contributed by atoms with E-state index in [-0.39, 0.29) is 25.7 Å². The zero-order valence-electron chi connectivity index (χ0n) is 60.2. The third-order valence-electron chi connectivity index (χ3n) is 16.8. The molecule has 3 N–H and O–H groups in total. The molecule has 0 aromatic carbocycles. The molecule has 0 aromatic heterocycles. The van der Waals surface area contributed by atoms with Crippen LogP contribution < -0.4 is 0 Å². The van der Waals surface area contributed by atoms with Crippen molar-refractivity contribution in [1.82, 2.24) is 0 Å². The van der Waals surface area contributed by atoms with Gasteiger partial charge in [0.25, 0.3) is 0 Å². The molecule has 0 saturated heterocycles. The van der Waals surface area contributed by atoms with E-state index in [1.165, 1.54) is 154 Å². The topological polar surface area (TPSA) is 237 Å². The van der Waals surface area contributed by atoms with Gasteiger partial charge in [0.15, 0.2) is 12.2 Å². The number of hydrogen-bond donors (Lipinski definition) is 3. The molecule has 17 nitrogen and oxygen atoms in total. The monoisotopic (exact) mass is 1350 g/mol. The SMILES string of the molecule is CC(C)CCCCCCCCCCCCCCCCC(=O)O[C@H](COC(=O)CCCCCCCCCC(C)C)COP(=O)(O)OCC(O)COP(=O)(O)OC[C@@H](COC(=O)CCCCCCCCC(C)C)OC(=O)CCCCCCCCCCCCCCCC(C)C. The Bertz CT molecular complexity index is 1820. The summed E-state index contributed by atoms with van der Waals surface area (Å²) in [6.07, 6.45) is 46.1. The van der Waals surface area contributed by atoms with Gasteiger partial charge in [0, 0.05) is 25.7 Å². The molecule has 0 aromatic rings. The molecule has 0 spiro atoms. The van der Waals surface area contributed by atoms with Crippen molar-refractivity contribution >= 4 is 39.5 Å².